The van der Waals surface area contributed by atoms with Gasteiger partial charge in [-0.3, -0.25) is 4.79 Å². The minimum atomic E-state index is -0.165. The number of carbonyl (C=O) groups excluding carboxylic acids is 1. The lowest BCUT2D eigenvalue weighted by molar-refractivity contribution is -0.132. The molecule has 15 heavy (non-hydrogen) atoms. The number of carbonyl (C=O) groups is 1. The summed E-state index contributed by atoms with van der Waals surface area (Å²) in [5.41, 5.74) is 5.52. The zero-order valence-electron chi connectivity index (χ0n) is 9.45. The standard InChI is InChI=1S/C11H20N2O2/c1-7-3-11(4-8(2)15-7)6-13-5-9(11)10(12)14/h7-9,13H,3-6H2,1-2H3,(H2,12,14). The summed E-state index contributed by atoms with van der Waals surface area (Å²) in [5.74, 6) is -0.187. The van der Waals surface area contributed by atoms with Gasteiger partial charge in [0.05, 0.1) is 18.1 Å². The van der Waals surface area contributed by atoms with Crippen molar-refractivity contribution in [2.45, 2.75) is 38.9 Å². The van der Waals surface area contributed by atoms with Crippen molar-refractivity contribution in [3.8, 4) is 0 Å². The molecule has 4 heteroatoms. The van der Waals surface area contributed by atoms with Gasteiger partial charge in [0.25, 0.3) is 0 Å². The number of nitrogens with one attached hydrogen (secondary N) is 1. The molecule has 2 saturated heterocycles. The smallest absolute Gasteiger partial charge is 0.222 e. The van der Waals surface area contributed by atoms with E-state index in [4.69, 9.17) is 10.5 Å². The molecular formula is C11H20N2O2. The number of nitrogens with two attached hydrogens (primary N) is 1. The Balaban J connectivity index is 2.19. The third-order valence-electron chi connectivity index (χ3n) is 3.76. The predicted molar refractivity (Wildman–Crippen MR) is 57.2 cm³/mol. The Hall–Kier alpha value is -0.610. The number of primary amides is 1. The van der Waals surface area contributed by atoms with Gasteiger partial charge in [0.15, 0.2) is 0 Å². The van der Waals surface area contributed by atoms with E-state index in [1.807, 2.05) is 0 Å². The van der Waals surface area contributed by atoms with Crippen LogP contribution in [0, 0.1) is 11.3 Å². The van der Waals surface area contributed by atoms with Gasteiger partial charge >= 0.3 is 0 Å². The molecule has 2 aliphatic heterocycles. The van der Waals surface area contributed by atoms with Crippen LogP contribution in [0.4, 0.5) is 0 Å². The monoisotopic (exact) mass is 212 g/mol. The van der Waals surface area contributed by atoms with Crippen LogP contribution in [-0.4, -0.2) is 31.2 Å². The summed E-state index contributed by atoms with van der Waals surface area (Å²) in [6, 6.07) is 0. The Morgan fingerprint density at radius 2 is 2.00 bits per heavy atom. The third-order valence-corrected chi connectivity index (χ3v) is 3.76. The van der Waals surface area contributed by atoms with Gasteiger partial charge in [0.1, 0.15) is 0 Å². The van der Waals surface area contributed by atoms with E-state index in [9.17, 15) is 4.79 Å². The third kappa shape index (κ3) is 1.88. The molecule has 1 spiro atoms. The maximum Gasteiger partial charge on any atom is 0.222 e. The van der Waals surface area contributed by atoms with E-state index in [1.165, 1.54) is 0 Å². The van der Waals surface area contributed by atoms with E-state index in [1.54, 1.807) is 0 Å². The molecule has 3 unspecified atom stereocenters. The molecule has 0 saturated carbocycles. The fourth-order valence-electron chi connectivity index (χ4n) is 3.36. The van der Waals surface area contributed by atoms with Crippen molar-refractivity contribution >= 4 is 5.91 Å². The summed E-state index contributed by atoms with van der Waals surface area (Å²) in [7, 11) is 0. The van der Waals surface area contributed by atoms with Crippen molar-refractivity contribution in [3.63, 3.8) is 0 Å². The lowest BCUT2D eigenvalue weighted by atomic mass is 9.68. The van der Waals surface area contributed by atoms with Gasteiger partial charge in [-0.05, 0) is 26.7 Å². The molecule has 4 nitrogen and oxygen atoms in total. The predicted octanol–water partition coefficient (Wildman–Crippen LogP) is 0.265. The first-order valence-electron chi connectivity index (χ1n) is 5.69. The van der Waals surface area contributed by atoms with Crippen LogP contribution < -0.4 is 11.1 Å². The van der Waals surface area contributed by atoms with E-state index >= 15 is 0 Å². The number of hydrogen-bond donors (Lipinski definition) is 2. The summed E-state index contributed by atoms with van der Waals surface area (Å²) in [5, 5.41) is 3.30. The summed E-state index contributed by atoms with van der Waals surface area (Å²) >= 11 is 0. The summed E-state index contributed by atoms with van der Waals surface area (Å²) in [4.78, 5) is 11.4. The molecule has 0 aliphatic carbocycles. The van der Waals surface area contributed by atoms with Gasteiger partial charge in [-0.1, -0.05) is 0 Å². The SMILES string of the molecule is CC1CC2(CNCC2C(N)=O)CC(C)O1. The highest BCUT2D eigenvalue weighted by Crippen LogP contribution is 2.44. The van der Waals surface area contributed by atoms with Crippen LogP contribution in [0.2, 0.25) is 0 Å². The van der Waals surface area contributed by atoms with Crippen molar-refractivity contribution in [2.24, 2.45) is 17.1 Å². The molecule has 3 atom stereocenters. The Bertz CT molecular complexity index is 257. The van der Waals surface area contributed by atoms with Crippen LogP contribution in [0.25, 0.3) is 0 Å². The normalized spacial score (nSPS) is 45.9. The summed E-state index contributed by atoms with van der Waals surface area (Å²) in [6.07, 6.45) is 2.35. The van der Waals surface area contributed by atoms with Gasteiger partial charge in [-0.15, -0.1) is 0 Å². The summed E-state index contributed by atoms with van der Waals surface area (Å²) < 4.78 is 5.72. The number of amides is 1. The molecule has 2 fully saturated rings. The maximum atomic E-state index is 11.4. The average Bonchev–Trinajstić information content (AvgIpc) is 2.45. The van der Waals surface area contributed by atoms with Crippen LogP contribution in [0.5, 0.6) is 0 Å². The van der Waals surface area contributed by atoms with Crippen molar-refractivity contribution in [1.82, 2.24) is 5.32 Å². The number of rotatable bonds is 1. The van der Waals surface area contributed by atoms with Crippen molar-refractivity contribution in [1.29, 1.82) is 0 Å². The van der Waals surface area contributed by atoms with Crippen LogP contribution in [-0.2, 0) is 9.53 Å². The van der Waals surface area contributed by atoms with Gasteiger partial charge in [-0.2, -0.15) is 0 Å². The largest absolute Gasteiger partial charge is 0.376 e. The van der Waals surface area contributed by atoms with E-state index in [0.717, 1.165) is 25.9 Å². The fraction of sp³-hybridized carbons (Fsp3) is 0.909. The Labute approximate surface area is 90.5 Å². The quantitative estimate of drug-likeness (QED) is 0.655. The molecule has 0 aromatic carbocycles. The lowest BCUT2D eigenvalue weighted by Crippen LogP contribution is -2.46. The first-order chi connectivity index (χ1) is 7.03. The molecule has 2 heterocycles. The minimum Gasteiger partial charge on any atom is -0.376 e. The molecule has 0 bridgehead atoms. The second-order valence-corrected chi connectivity index (χ2v) is 5.11. The van der Waals surface area contributed by atoms with Gasteiger partial charge in [0, 0.05) is 18.5 Å². The van der Waals surface area contributed by atoms with Crippen molar-refractivity contribution in [3.05, 3.63) is 0 Å². The first-order valence-corrected chi connectivity index (χ1v) is 5.69. The zero-order valence-corrected chi connectivity index (χ0v) is 9.45. The molecule has 0 radical (unpaired) electrons. The highest BCUT2D eigenvalue weighted by molar-refractivity contribution is 5.78. The van der Waals surface area contributed by atoms with Crippen LogP contribution >= 0.6 is 0 Å². The van der Waals surface area contributed by atoms with Crippen molar-refractivity contribution in [2.75, 3.05) is 13.1 Å². The molecule has 0 aromatic rings. The van der Waals surface area contributed by atoms with E-state index in [0.29, 0.717) is 0 Å². The van der Waals surface area contributed by atoms with Gasteiger partial charge in [0.2, 0.25) is 5.91 Å². The number of ether oxygens (including phenoxy) is 1. The fourth-order valence-corrected chi connectivity index (χ4v) is 3.36. The first kappa shape index (κ1) is 10.9. The molecule has 2 aliphatic rings. The van der Waals surface area contributed by atoms with Crippen molar-refractivity contribution < 1.29 is 9.53 Å². The highest BCUT2D eigenvalue weighted by Gasteiger charge is 2.49. The Morgan fingerprint density at radius 3 is 2.53 bits per heavy atom. The van der Waals surface area contributed by atoms with E-state index < -0.39 is 0 Å². The van der Waals surface area contributed by atoms with Crippen LogP contribution in [0.1, 0.15) is 26.7 Å². The molecule has 0 aromatic heterocycles. The zero-order chi connectivity index (χ0) is 11.1. The molecule has 2 rings (SSSR count). The highest BCUT2D eigenvalue weighted by atomic mass is 16.5. The second kappa shape index (κ2) is 3.76. The molecular weight excluding hydrogens is 192 g/mol. The van der Waals surface area contributed by atoms with Crippen LogP contribution in [0.3, 0.4) is 0 Å². The van der Waals surface area contributed by atoms with E-state index in [-0.39, 0.29) is 29.4 Å². The Morgan fingerprint density at radius 1 is 1.40 bits per heavy atom. The topological polar surface area (TPSA) is 64.3 Å². The molecule has 86 valence electrons. The Kier molecular flexibility index (Phi) is 2.73. The number of hydrogen-bond acceptors (Lipinski definition) is 3. The minimum absolute atomic E-state index is 0.0219. The lowest BCUT2D eigenvalue weighted by Gasteiger charge is -2.42. The van der Waals surface area contributed by atoms with Gasteiger partial charge in [-0.25, -0.2) is 0 Å². The molecule has 3 N–H and O–H groups in total. The second-order valence-electron chi connectivity index (χ2n) is 5.11. The maximum absolute atomic E-state index is 11.4. The average molecular weight is 212 g/mol. The van der Waals surface area contributed by atoms with E-state index in [2.05, 4.69) is 19.2 Å². The molecule has 1 amide bonds. The van der Waals surface area contributed by atoms with Crippen LogP contribution in [0.15, 0.2) is 0 Å². The van der Waals surface area contributed by atoms with Gasteiger partial charge < -0.3 is 15.8 Å². The summed E-state index contributed by atoms with van der Waals surface area (Å²) in [6.45, 7) is 5.79.